The van der Waals surface area contributed by atoms with Crippen LogP contribution < -0.4 is 5.73 Å². The second kappa shape index (κ2) is 4.31. The normalized spacial score (nSPS) is 15.9. The van der Waals surface area contributed by atoms with Crippen molar-refractivity contribution >= 4 is 5.97 Å². The van der Waals surface area contributed by atoms with Crippen LogP contribution in [0.2, 0.25) is 0 Å². The molecule has 4 heteroatoms. The molecule has 0 rings (SSSR count). The third kappa shape index (κ3) is 3.95. The first-order chi connectivity index (χ1) is 5.00. The molecule has 0 aromatic rings. The minimum absolute atomic E-state index is 0.441. The van der Waals surface area contributed by atoms with Crippen LogP contribution in [-0.4, -0.2) is 30.3 Å². The maximum atomic E-state index is 10.4. The minimum Gasteiger partial charge on any atom is -0.480 e. The van der Waals surface area contributed by atoms with E-state index in [2.05, 4.69) is 0 Å². The molecule has 1 atom stereocenters. The quantitative estimate of drug-likeness (QED) is 0.565. The van der Waals surface area contributed by atoms with Crippen molar-refractivity contribution in [3.05, 3.63) is 0 Å². The van der Waals surface area contributed by atoms with E-state index in [9.17, 15) is 4.79 Å². The van der Waals surface area contributed by atoms with Gasteiger partial charge in [0, 0.05) is 13.7 Å². The van der Waals surface area contributed by atoms with Crippen molar-refractivity contribution in [2.75, 3.05) is 13.7 Å². The van der Waals surface area contributed by atoms with Gasteiger partial charge in [0.25, 0.3) is 0 Å². The largest absolute Gasteiger partial charge is 0.480 e. The van der Waals surface area contributed by atoms with E-state index in [1.54, 1.807) is 7.11 Å². The second-order valence-electron chi connectivity index (χ2n) is 2.82. The summed E-state index contributed by atoms with van der Waals surface area (Å²) in [4.78, 5) is 10.4. The van der Waals surface area contributed by atoms with Crippen LogP contribution in [0, 0.1) is 0 Å². The monoisotopic (exact) mass is 161 g/mol. The lowest BCUT2D eigenvalue weighted by Crippen LogP contribution is -2.44. The van der Waals surface area contributed by atoms with E-state index in [1.165, 1.54) is 6.92 Å². The fraction of sp³-hybridized carbons (Fsp3) is 0.857. The zero-order valence-corrected chi connectivity index (χ0v) is 6.96. The molecule has 0 aromatic heterocycles. The van der Waals surface area contributed by atoms with Crippen molar-refractivity contribution in [2.45, 2.75) is 25.3 Å². The van der Waals surface area contributed by atoms with E-state index < -0.39 is 11.5 Å². The Morgan fingerprint density at radius 1 is 1.73 bits per heavy atom. The summed E-state index contributed by atoms with van der Waals surface area (Å²) < 4.78 is 4.77. The van der Waals surface area contributed by atoms with Crippen LogP contribution in [0.4, 0.5) is 0 Å². The number of rotatable bonds is 5. The number of hydrogen-bond acceptors (Lipinski definition) is 3. The lowest BCUT2D eigenvalue weighted by Gasteiger charge is -2.18. The van der Waals surface area contributed by atoms with Crippen LogP contribution in [0.3, 0.4) is 0 Å². The van der Waals surface area contributed by atoms with Gasteiger partial charge in [-0.1, -0.05) is 0 Å². The summed E-state index contributed by atoms with van der Waals surface area (Å²) in [6.45, 7) is 2.06. The van der Waals surface area contributed by atoms with Gasteiger partial charge in [-0.25, -0.2) is 0 Å². The number of methoxy groups -OCH3 is 1. The molecule has 0 radical (unpaired) electrons. The highest BCUT2D eigenvalue weighted by atomic mass is 16.5. The first-order valence-electron chi connectivity index (χ1n) is 3.52. The van der Waals surface area contributed by atoms with Gasteiger partial charge < -0.3 is 15.6 Å². The van der Waals surface area contributed by atoms with E-state index in [1.807, 2.05) is 0 Å². The van der Waals surface area contributed by atoms with Gasteiger partial charge in [0.1, 0.15) is 5.54 Å². The van der Waals surface area contributed by atoms with Crippen molar-refractivity contribution in [1.82, 2.24) is 0 Å². The molecule has 0 heterocycles. The minimum atomic E-state index is -1.11. The number of carboxylic acid groups (broad SMARTS) is 1. The Morgan fingerprint density at radius 3 is 2.64 bits per heavy atom. The molecule has 3 N–H and O–H groups in total. The van der Waals surface area contributed by atoms with Gasteiger partial charge in [0.05, 0.1) is 0 Å². The van der Waals surface area contributed by atoms with Crippen LogP contribution in [0.15, 0.2) is 0 Å². The molecule has 0 bridgehead atoms. The zero-order chi connectivity index (χ0) is 8.91. The Hall–Kier alpha value is -0.610. The number of ether oxygens (including phenoxy) is 1. The molecule has 0 saturated heterocycles. The first-order valence-corrected chi connectivity index (χ1v) is 3.52. The van der Waals surface area contributed by atoms with E-state index in [4.69, 9.17) is 15.6 Å². The highest BCUT2D eigenvalue weighted by molar-refractivity contribution is 5.77. The molecule has 0 spiro atoms. The summed E-state index contributed by atoms with van der Waals surface area (Å²) >= 11 is 0. The topological polar surface area (TPSA) is 72.5 Å². The average molecular weight is 161 g/mol. The van der Waals surface area contributed by atoms with Gasteiger partial charge in [0.15, 0.2) is 0 Å². The number of nitrogens with two attached hydrogens (primary N) is 1. The van der Waals surface area contributed by atoms with Crippen molar-refractivity contribution in [3.63, 3.8) is 0 Å². The zero-order valence-electron chi connectivity index (χ0n) is 6.96. The molecular weight excluding hydrogens is 146 g/mol. The Labute approximate surface area is 66.3 Å². The summed E-state index contributed by atoms with van der Waals surface area (Å²) in [5.41, 5.74) is 4.33. The molecular formula is C7H15NO3. The molecule has 11 heavy (non-hydrogen) atoms. The Morgan fingerprint density at radius 2 is 2.27 bits per heavy atom. The van der Waals surface area contributed by atoms with Gasteiger partial charge in [-0.05, 0) is 19.8 Å². The molecule has 0 aliphatic rings. The average Bonchev–Trinajstić information content (AvgIpc) is 1.88. The fourth-order valence-corrected chi connectivity index (χ4v) is 0.691. The van der Waals surface area contributed by atoms with E-state index in [0.717, 1.165) is 0 Å². The lowest BCUT2D eigenvalue weighted by molar-refractivity contribution is -0.143. The van der Waals surface area contributed by atoms with Crippen LogP contribution in [0.1, 0.15) is 19.8 Å². The van der Waals surface area contributed by atoms with Crippen LogP contribution in [-0.2, 0) is 9.53 Å². The summed E-state index contributed by atoms with van der Waals surface area (Å²) in [6, 6.07) is 0. The summed E-state index contributed by atoms with van der Waals surface area (Å²) in [5.74, 6) is -0.964. The molecule has 0 aliphatic carbocycles. The Kier molecular flexibility index (Phi) is 4.07. The maximum absolute atomic E-state index is 10.4. The molecule has 0 fully saturated rings. The number of hydrogen-bond donors (Lipinski definition) is 2. The van der Waals surface area contributed by atoms with E-state index in [0.29, 0.717) is 19.4 Å². The van der Waals surface area contributed by atoms with Gasteiger partial charge >= 0.3 is 5.97 Å². The first kappa shape index (κ1) is 10.4. The van der Waals surface area contributed by atoms with Gasteiger partial charge in [-0.3, -0.25) is 4.79 Å². The number of carbonyl (C=O) groups is 1. The smallest absolute Gasteiger partial charge is 0.323 e. The third-order valence-electron chi connectivity index (χ3n) is 1.53. The molecule has 0 saturated carbocycles. The van der Waals surface area contributed by atoms with Gasteiger partial charge in [0.2, 0.25) is 0 Å². The molecule has 4 nitrogen and oxygen atoms in total. The van der Waals surface area contributed by atoms with Crippen molar-refractivity contribution < 1.29 is 14.6 Å². The third-order valence-corrected chi connectivity index (χ3v) is 1.53. The number of aliphatic carboxylic acids is 1. The Bertz CT molecular complexity index is 134. The molecule has 1 unspecified atom stereocenters. The molecule has 0 aromatic carbocycles. The fourth-order valence-electron chi connectivity index (χ4n) is 0.691. The summed E-state index contributed by atoms with van der Waals surface area (Å²) in [7, 11) is 1.58. The molecule has 0 amide bonds. The van der Waals surface area contributed by atoms with Gasteiger partial charge in [-0.15, -0.1) is 0 Å². The standard InChI is InChI=1S/C7H15NO3/c1-7(8,6(9)10)4-3-5-11-2/h3-5,8H2,1-2H3,(H,9,10). The van der Waals surface area contributed by atoms with Gasteiger partial charge in [-0.2, -0.15) is 0 Å². The highest BCUT2D eigenvalue weighted by Gasteiger charge is 2.26. The maximum Gasteiger partial charge on any atom is 0.323 e. The summed E-state index contributed by atoms with van der Waals surface area (Å²) in [6.07, 6.45) is 1.12. The predicted octanol–water partition coefficient (Wildman–Crippen LogP) is 0.215. The SMILES string of the molecule is COCCCC(C)(N)C(=O)O. The molecule has 66 valence electrons. The van der Waals surface area contributed by atoms with Crippen molar-refractivity contribution in [1.29, 1.82) is 0 Å². The van der Waals surface area contributed by atoms with Crippen molar-refractivity contribution in [3.8, 4) is 0 Å². The van der Waals surface area contributed by atoms with E-state index >= 15 is 0 Å². The summed E-state index contributed by atoms with van der Waals surface area (Å²) in [5, 5.41) is 8.57. The van der Waals surface area contributed by atoms with Crippen LogP contribution >= 0.6 is 0 Å². The predicted molar refractivity (Wildman–Crippen MR) is 41.3 cm³/mol. The van der Waals surface area contributed by atoms with E-state index in [-0.39, 0.29) is 0 Å². The van der Waals surface area contributed by atoms with Crippen molar-refractivity contribution in [2.24, 2.45) is 5.73 Å². The highest BCUT2D eigenvalue weighted by Crippen LogP contribution is 2.08. The second-order valence-corrected chi connectivity index (χ2v) is 2.82. The Balaban J connectivity index is 3.64. The van der Waals surface area contributed by atoms with Crippen LogP contribution in [0.5, 0.6) is 0 Å². The number of carboxylic acids is 1. The lowest BCUT2D eigenvalue weighted by atomic mass is 9.98. The molecule has 0 aliphatic heterocycles. The van der Waals surface area contributed by atoms with Crippen LogP contribution in [0.25, 0.3) is 0 Å².